The first-order valence-corrected chi connectivity index (χ1v) is 10.6. The van der Waals surface area contributed by atoms with E-state index in [1.807, 2.05) is 36.5 Å². The van der Waals surface area contributed by atoms with Crippen LogP contribution in [0.15, 0.2) is 66.9 Å². The molecular formula is C26H18N2O6. The Balaban J connectivity index is 1.81. The normalized spacial score (nSPS) is 13.6. The van der Waals surface area contributed by atoms with Crippen molar-refractivity contribution >= 4 is 45.4 Å². The van der Waals surface area contributed by atoms with Crippen molar-refractivity contribution in [2.24, 2.45) is 0 Å². The zero-order chi connectivity index (χ0) is 24.0. The summed E-state index contributed by atoms with van der Waals surface area (Å²) in [5.74, 6) is -3.32. The van der Waals surface area contributed by atoms with E-state index < -0.39 is 23.8 Å². The van der Waals surface area contributed by atoms with Crippen LogP contribution in [-0.2, 0) is 14.4 Å². The van der Waals surface area contributed by atoms with Gasteiger partial charge in [-0.25, -0.2) is 4.79 Å². The van der Waals surface area contributed by atoms with Crippen LogP contribution < -0.4 is 9.67 Å². The maximum atomic E-state index is 13.2. The van der Waals surface area contributed by atoms with Crippen LogP contribution in [0.1, 0.15) is 39.1 Å². The molecule has 0 unspecified atom stereocenters. The standard InChI is InChI=1S/C26H18N2O6/c1-15-18(25(31)32)11-10-16-14-27(17-6-3-2-4-7-17)24-19(23(15)16)8-5-9-20(24)26(33)34-28-21(29)12-13-22(28)30/h2-11,14H,12-13H2,1H3. The second-order valence-electron chi connectivity index (χ2n) is 7.99. The zero-order valence-corrected chi connectivity index (χ0v) is 18.1. The van der Waals surface area contributed by atoms with E-state index in [0.717, 1.165) is 11.1 Å². The molecule has 1 fully saturated rings. The number of fused-ring (bicyclic) bond motifs is 3. The Bertz CT molecular complexity index is 1510. The van der Waals surface area contributed by atoms with Crippen molar-refractivity contribution in [2.75, 3.05) is 0 Å². The van der Waals surface area contributed by atoms with Crippen LogP contribution >= 0.6 is 0 Å². The van der Waals surface area contributed by atoms with Crippen LogP contribution in [-0.4, -0.2) is 28.8 Å². The Morgan fingerprint density at radius 3 is 2.29 bits per heavy atom. The number of benzene rings is 3. The highest BCUT2D eigenvalue weighted by molar-refractivity contribution is 6.14. The molecule has 1 aliphatic rings. The third-order valence-electron chi connectivity index (χ3n) is 5.97. The van der Waals surface area contributed by atoms with Crippen LogP contribution in [0, 0.1) is 6.92 Å². The number of para-hydroxylation sites is 2. The summed E-state index contributed by atoms with van der Waals surface area (Å²) in [6, 6.07) is 17.5. The fourth-order valence-electron chi connectivity index (χ4n) is 4.37. The Morgan fingerprint density at radius 2 is 1.62 bits per heavy atom. The molecule has 0 N–H and O–H groups in total. The van der Waals surface area contributed by atoms with Crippen molar-refractivity contribution in [1.82, 2.24) is 5.06 Å². The first kappa shape index (κ1) is 21.3. The minimum Gasteiger partial charge on any atom is -0.545 e. The molecule has 2 heterocycles. The van der Waals surface area contributed by atoms with E-state index in [4.69, 9.17) is 4.84 Å². The van der Waals surface area contributed by atoms with Gasteiger partial charge in [-0.2, -0.15) is 4.57 Å². The Labute approximate surface area is 193 Å². The molecule has 1 aromatic heterocycles. The van der Waals surface area contributed by atoms with Crippen LogP contribution in [0.4, 0.5) is 0 Å². The lowest BCUT2D eigenvalue weighted by atomic mass is 9.96. The van der Waals surface area contributed by atoms with Crippen molar-refractivity contribution in [3.8, 4) is 5.69 Å². The molecule has 0 bridgehead atoms. The Kier molecular flexibility index (Phi) is 5.05. The van der Waals surface area contributed by atoms with E-state index in [1.54, 1.807) is 35.8 Å². The molecule has 0 atom stereocenters. The number of aryl methyl sites for hydroxylation is 1. The maximum absolute atomic E-state index is 13.2. The highest BCUT2D eigenvalue weighted by Crippen LogP contribution is 2.31. The number of hydrogen-bond acceptors (Lipinski definition) is 6. The monoisotopic (exact) mass is 454 g/mol. The highest BCUT2D eigenvalue weighted by Gasteiger charge is 2.35. The van der Waals surface area contributed by atoms with E-state index in [0.29, 0.717) is 26.9 Å². The summed E-state index contributed by atoms with van der Waals surface area (Å²) in [7, 11) is 0. The predicted octanol–water partition coefficient (Wildman–Crippen LogP) is 2.16. The second kappa shape index (κ2) is 8.08. The molecule has 0 spiro atoms. The van der Waals surface area contributed by atoms with Crippen molar-refractivity contribution in [2.45, 2.75) is 19.8 Å². The number of carboxylic acids is 1. The van der Waals surface area contributed by atoms with Gasteiger partial charge in [0.15, 0.2) is 6.20 Å². The topological polar surface area (TPSA) is 108 Å². The zero-order valence-electron chi connectivity index (χ0n) is 18.1. The fraction of sp³-hybridized carbons (Fsp3) is 0.115. The van der Waals surface area contributed by atoms with Gasteiger partial charge in [-0.05, 0) is 30.7 Å². The molecule has 0 radical (unpaired) electrons. The van der Waals surface area contributed by atoms with Crippen molar-refractivity contribution in [3.63, 3.8) is 0 Å². The molecule has 2 amide bonds. The maximum Gasteiger partial charge on any atom is 0.370 e. The lowest BCUT2D eigenvalue weighted by Crippen LogP contribution is -2.35. The molecule has 0 saturated carbocycles. The number of aromatic nitrogens is 1. The van der Waals surface area contributed by atoms with E-state index >= 15 is 0 Å². The summed E-state index contributed by atoms with van der Waals surface area (Å²) in [4.78, 5) is 54.0. The molecule has 0 aliphatic carbocycles. The molecule has 3 aromatic carbocycles. The second-order valence-corrected chi connectivity index (χ2v) is 7.99. The molecule has 8 nitrogen and oxygen atoms in total. The first-order chi connectivity index (χ1) is 16.4. The van der Waals surface area contributed by atoms with Crippen LogP contribution in [0.2, 0.25) is 0 Å². The number of amides is 2. The van der Waals surface area contributed by atoms with Crippen molar-refractivity contribution < 1.29 is 33.7 Å². The van der Waals surface area contributed by atoms with Crippen molar-refractivity contribution in [3.05, 3.63) is 83.6 Å². The van der Waals surface area contributed by atoms with E-state index in [-0.39, 0.29) is 24.0 Å². The van der Waals surface area contributed by atoms with Crippen molar-refractivity contribution in [1.29, 1.82) is 0 Å². The summed E-state index contributed by atoms with van der Waals surface area (Å²) >= 11 is 0. The molecule has 34 heavy (non-hydrogen) atoms. The molecule has 5 rings (SSSR count). The van der Waals surface area contributed by atoms with E-state index in [2.05, 4.69) is 0 Å². The Morgan fingerprint density at radius 1 is 0.912 bits per heavy atom. The lowest BCUT2D eigenvalue weighted by molar-refractivity contribution is -0.565. The summed E-state index contributed by atoms with van der Waals surface area (Å²) in [6.07, 6.45) is 1.78. The summed E-state index contributed by atoms with van der Waals surface area (Å²) in [5.41, 5.74) is 1.87. The van der Waals surface area contributed by atoms with Gasteiger partial charge in [0.1, 0.15) is 5.56 Å². The van der Waals surface area contributed by atoms with E-state index in [1.165, 1.54) is 6.07 Å². The van der Waals surface area contributed by atoms with Gasteiger partial charge < -0.3 is 14.7 Å². The average molecular weight is 454 g/mol. The average Bonchev–Trinajstić information content (AvgIpc) is 3.15. The lowest BCUT2D eigenvalue weighted by Gasteiger charge is -2.15. The van der Waals surface area contributed by atoms with Gasteiger partial charge in [0.05, 0.1) is 11.4 Å². The smallest absolute Gasteiger partial charge is 0.370 e. The van der Waals surface area contributed by atoms with Gasteiger partial charge in [-0.1, -0.05) is 30.3 Å². The number of imide groups is 1. The van der Waals surface area contributed by atoms with Gasteiger partial charge in [-0.3, -0.25) is 9.59 Å². The predicted molar refractivity (Wildman–Crippen MR) is 119 cm³/mol. The Hall–Kier alpha value is -4.59. The van der Waals surface area contributed by atoms with Crippen LogP contribution in [0.3, 0.4) is 0 Å². The summed E-state index contributed by atoms with van der Waals surface area (Å²) < 4.78 is 1.81. The van der Waals surface area contributed by atoms with Gasteiger partial charge in [0, 0.05) is 41.3 Å². The minimum atomic E-state index is -1.30. The van der Waals surface area contributed by atoms with E-state index in [9.17, 15) is 24.3 Å². The SMILES string of the molecule is Cc1c(C(=O)[O-])ccc2c[n+](-c3ccccc3)c3c(C(=O)ON4C(=O)CCC4=O)cccc3c12. The number of aromatic carboxylic acids is 1. The number of carboxylic acid groups (broad SMARTS) is 1. The summed E-state index contributed by atoms with van der Waals surface area (Å²) in [5, 5.41) is 14.2. The number of pyridine rings is 1. The molecule has 168 valence electrons. The molecule has 8 heteroatoms. The largest absolute Gasteiger partial charge is 0.545 e. The molecule has 1 aliphatic heterocycles. The third kappa shape index (κ3) is 3.36. The number of hydroxylamine groups is 2. The van der Waals surface area contributed by atoms with Gasteiger partial charge in [-0.15, -0.1) is 5.06 Å². The first-order valence-electron chi connectivity index (χ1n) is 10.6. The number of nitrogens with zero attached hydrogens (tertiary/aromatic N) is 2. The number of carbonyl (C=O) groups is 4. The van der Waals surface area contributed by atoms with Gasteiger partial charge >= 0.3 is 5.97 Å². The number of rotatable bonds is 4. The minimum absolute atomic E-state index is 0.0124. The van der Waals surface area contributed by atoms with Gasteiger partial charge in [0.25, 0.3) is 11.8 Å². The third-order valence-corrected chi connectivity index (χ3v) is 5.97. The molecule has 1 saturated heterocycles. The van der Waals surface area contributed by atoms with Crippen LogP contribution in [0.5, 0.6) is 0 Å². The quantitative estimate of drug-likeness (QED) is 0.266. The van der Waals surface area contributed by atoms with Gasteiger partial charge in [0.2, 0.25) is 11.2 Å². The highest BCUT2D eigenvalue weighted by atomic mass is 16.7. The number of hydrogen-bond donors (Lipinski definition) is 0. The number of carbonyl (C=O) groups excluding carboxylic acids is 4. The fourth-order valence-corrected chi connectivity index (χ4v) is 4.37. The van der Waals surface area contributed by atoms with Crippen LogP contribution in [0.25, 0.3) is 27.4 Å². The molecular weight excluding hydrogens is 436 g/mol. The summed E-state index contributed by atoms with van der Waals surface area (Å²) in [6.45, 7) is 1.69. The molecule has 4 aromatic rings.